The summed E-state index contributed by atoms with van der Waals surface area (Å²) >= 11 is 1.60. The number of aryl methyl sites for hydroxylation is 1. The van der Waals surface area contributed by atoms with Gasteiger partial charge in [-0.2, -0.15) is 16.4 Å². The van der Waals surface area contributed by atoms with Crippen molar-refractivity contribution in [3.8, 4) is 17.0 Å². The van der Waals surface area contributed by atoms with E-state index in [1.807, 2.05) is 54.2 Å². The fraction of sp³-hybridized carbons (Fsp3) is 0.190. The highest BCUT2D eigenvalue weighted by atomic mass is 32.1. The summed E-state index contributed by atoms with van der Waals surface area (Å²) in [5, 5.41) is 12.1. The number of carbonyl (C=O) groups is 1. The van der Waals surface area contributed by atoms with Gasteiger partial charge in [-0.15, -0.1) is 0 Å². The molecule has 3 heterocycles. The van der Waals surface area contributed by atoms with Gasteiger partial charge in [0.25, 0.3) is 5.91 Å². The van der Waals surface area contributed by atoms with Gasteiger partial charge in [-0.3, -0.25) is 9.48 Å². The van der Waals surface area contributed by atoms with E-state index in [1.54, 1.807) is 29.3 Å². The number of hydrogen-bond acceptors (Lipinski definition) is 5. The Kier molecular flexibility index (Phi) is 5.08. The summed E-state index contributed by atoms with van der Waals surface area (Å²) in [6, 6.07) is 11.7. The number of methoxy groups -OCH3 is 1. The van der Waals surface area contributed by atoms with Gasteiger partial charge in [0.15, 0.2) is 5.65 Å². The summed E-state index contributed by atoms with van der Waals surface area (Å²) in [6.07, 6.45) is 2.44. The van der Waals surface area contributed by atoms with Crippen molar-refractivity contribution >= 4 is 28.3 Å². The normalized spacial score (nSPS) is 10.9. The van der Waals surface area contributed by atoms with Crippen LogP contribution in [-0.2, 0) is 13.5 Å². The molecule has 6 nitrogen and oxygen atoms in total. The van der Waals surface area contributed by atoms with Gasteiger partial charge in [0.2, 0.25) is 0 Å². The molecule has 0 aliphatic heterocycles. The fourth-order valence-corrected chi connectivity index (χ4v) is 3.72. The lowest BCUT2D eigenvalue weighted by atomic mass is 10.1. The largest absolute Gasteiger partial charge is 0.497 e. The number of benzene rings is 1. The Morgan fingerprint density at radius 1 is 1.25 bits per heavy atom. The summed E-state index contributed by atoms with van der Waals surface area (Å²) in [6.45, 7) is 0.545. The zero-order valence-corrected chi connectivity index (χ0v) is 16.5. The SMILES string of the molecule is COc1ccc(CCNC(=O)c2cc(-c3ccsc3)nc3c2cnn3C)cc1. The number of nitrogens with zero attached hydrogens (tertiary/aromatic N) is 3. The standard InChI is InChI=1S/C21H20N4O2S/c1-25-20-18(12-23-25)17(11-19(24-20)15-8-10-28-13-15)21(26)22-9-7-14-3-5-16(27-2)6-4-14/h3-6,8,10-13H,7,9H2,1-2H3,(H,22,26). The molecule has 0 fully saturated rings. The van der Waals surface area contributed by atoms with Crippen LogP contribution >= 0.6 is 11.3 Å². The second-order valence-electron chi connectivity index (χ2n) is 6.43. The van der Waals surface area contributed by atoms with Gasteiger partial charge in [-0.1, -0.05) is 12.1 Å². The monoisotopic (exact) mass is 392 g/mol. The van der Waals surface area contributed by atoms with Gasteiger partial charge in [-0.05, 0) is 41.6 Å². The lowest BCUT2D eigenvalue weighted by Crippen LogP contribution is -2.26. The first-order chi connectivity index (χ1) is 13.7. The molecule has 0 unspecified atom stereocenters. The lowest BCUT2D eigenvalue weighted by Gasteiger charge is -2.09. The van der Waals surface area contributed by atoms with Crippen LogP contribution in [0.15, 0.2) is 53.4 Å². The molecule has 0 saturated carbocycles. The average Bonchev–Trinajstić information content (AvgIpc) is 3.38. The Morgan fingerprint density at radius 3 is 2.79 bits per heavy atom. The third-order valence-electron chi connectivity index (χ3n) is 4.62. The maximum Gasteiger partial charge on any atom is 0.252 e. The van der Waals surface area contributed by atoms with Gasteiger partial charge in [0.1, 0.15) is 5.75 Å². The molecule has 0 radical (unpaired) electrons. The Morgan fingerprint density at radius 2 is 2.07 bits per heavy atom. The molecule has 7 heteroatoms. The maximum absolute atomic E-state index is 12.9. The van der Waals surface area contributed by atoms with E-state index in [1.165, 1.54) is 0 Å². The predicted molar refractivity (Wildman–Crippen MR) is 111 cm³/mol. The fourth-order valence-electron chi connectivity index (χ4n) is 3.07. The summed E-state index contributed by atoms with van der Waals surface area (Å²) in [4.78, 5) is 17.6. The Labute approximate surface area is 166 Å². The molecule has 0 saturated heterocycles. The third kappa shape index (κ3) is 3.61. The number of thiophene rings is 1. The summed E-state index contributed by atoms with van der Waals surface area (Å²) < 4.78 is 6.87. The van der Waals surface area contributed by atoms with Crippen LogP contribution in [0.3, 0.4) is 0 Å². The summed E-state index contributed by atoms with van der Waals surface area (Å²) in [5.41, 5.74) is 4.21. The van der Waals surface area contributed by atoms with Crippen molar-refractivity contribution in [3.63, 3.8) is 0 Å². The molecule has 1 aromatic carbocycles. The van der Waals surface area contributed by atoms with E-state index in [-0.39, 0.29) is 5.91 Å². The highest BCUT2D eigenvalue weighted by Crippen LogP contribution is 2.26. The van der Waals surface area contributed by atoms with Crippen LogP contribution in [0.5, 0.6) is 5.75 Å². The van der Waals surface area contributed by atoms with E-state index in [9.17, 15) is 4.79 Å². The molecule has 0 aliphatic carbocycles. The van der Waals surface area contributed by atoms with E-state index in [0.717, 1.165) is 34.4 Å². The first kappa shape index (κ1) is 18.2. The minimum absolute atomic E-state index is 0.120. The topological polar surface area (TPSA) is 69.0 Å². The number of nitrogens with one attached hydrogen (secondary N) is 1. The molecule has 142 valence electrons. The molecule has 28 heavy (non-hydrogen) atoms. The van der Waals surface area contributed by atoms with E-state index in [4.69, 9.17) is 4.74 Å². The van der Waals surface area contributed by atoms with Crippen LogP contribution in [0.1, 0.15) is 15.9 Å². The number of pyridine rings is 1. The number of fused-ring (bicyclic) bond motifs is 1. The van der Waals surface area contributed by atoms with Crippen molar-refractivity contribution in [1.82, 2.24) is 20.1 Å². The molecular weight excluding hydrogens is 372 g/mol. The average molecular weight is 392 g/mol. The molecule has 0 spiro atoms. The molecule has 1 N–H and O–H groups in total. The number of rotatable bonds is 6. The first-order valence-corrected chi connectivity index (χ1v) is 9.86. The second kappa shape index (κ2) is 7.82. The minimum atomic E-state index is -0.120. The van der Waals surface area contributed by atoms with E-state index in [2.05, 4.69) is 15.4 Å². The van der Waals surface area contributed by atoms with Crippen LogP contribution < -0.4 is 10.1 Å². The van der Waals surface area contributed by atoms with Crippen LogP contribution in [0, 0.1) is 0 Å². The lowest BCUT2D eigenvalue weighted by molar-refractivity contribution is 0.0955. The van der Waals surface area contributed by atoms with Gasteiger partial charge in [0.05, 0.1) is 30.0 Å². The highest BCUT2D eigenvalue weighted by molar-refractivity contribution is 7.08. The molecule has 1 amide bonds. The molecule has 0 aliphatic rings. The predicted octanol–water partition coefficient (Wildman–Crippen LogP) is 3.68. The van der Waals surface area contributed by atoms with Gasteiger partial charge in [0, 0.05) is 24.5 Å². The summed E-state index contributed by atoms with van der Waals surface area (Å²) in [7, 11) is 3.48. The van der Waals surface area contributed by atoms with Crippen molar-refractivity contribution in [3.05, 3.63) is 64.5 Å². The van der Waals surface area contributed by atoms with Gasteiger partial charge >= 0.3 is 0 Å². The van der Waals surface area contributed by atoms with Crippen molar-refractivity contribution in [2.75, 3.05) is 13.7 Å². The van der Waals surface area contributed by atoms with E-state index < -0.39 is 0 Å². The van der Waals surface area contributed by atoms with Gasteiger partial charge in [-0.25, -0.2) is 4.98 Å². The van der Waals surface area contributed by atoms with Crippen LogP contribution in [0.25, 0.3) is 22.3 Å². The van der Waals surface area contributed by atoms with Crippen LogP contribution in [-0.4, -0.2) is 34.3 Å². The zero-order valence-electron chi connectivity index (χ0n) is 15.7. The molecule has 4 rings (SSSR count). The van der Waals surface area contributed by atoms with Crippen molar-refractivity contribution in [2.24, 2.45) is 7.05 Å². The third-order valence-corrected chi connectivity index (χ3v) is 5.31. The minimum Gasteiger partial charge on any atom is -0.497 e. The van der Waals surface area contributed by atoms with Gasteiger partial charge < -0.3 is 10.1 Å². The number of hydrogen-bond donors (Lipinski definition) is 1. The molecule has 3 aromatic heterocycles. The molecule has 0 bridgehead atoms. The second-order valence-corrected chi connectivity index (χ2v) is 7.21. The van der Waals surface area contributed by atoms with Crippen molar-refractivity contribution in [1.29, 1.82) is 0 Å². The molecule has 0 atom stereocenters. The number of aromatic nitrogens is 3. The van der Waals surface area contributed by atoms with Crippen LogP contribution in [0.4, 0.5) is 0 Å². The maximum atomic E-state index is 12.9. The van der Waals surface area contributed by atoms with Crippen molar-refractivity contribution in [2.45, 2.75) is 6.42 Å². The summed E-state index contributed by atoms with van der Waals surface area (Å²) in [5.74, 6) is 0.704. The quantitative estimate of drug-likeness (QED) is 0.543. The molecule has 4 aromatic rings. The number of ether oxygens (including phenoxy) is 1. The van der Waals surface area contributed by atoms with Crippen molar-refractivity contribution < 1.29 is 9.53 Å². The van der Waals surface area contributed by atoms with Crippen LogP contribution in [0.2, 0.25) is 0 Å². The smallest absolute Gasteiger partial charge is 0.252 e. The first-order valence-electron chi connectivity index (χ1n) is 8.92. The Bertz CT molecular complexity index is 1100. The molecular formula is C21H20N4O2S. The Hall–Kier alpha value is -3.19. The Balaban J connectivity index is 1.54. The van der Waals surface area contributed by atoms with E-state index >= 15 is 0 Å². The zero-order chi connectivity index (χ0) is 19.5. The highest BCUT2D eigenvalue weighted by Gasteiger charge is 2.16. The number of amides is 1. The number of carbonyl (C=O) groups excluding carboxylic acids is 1. The van der Waals surface area contributed by atoms with E-state index in [0.29, 0.717) is 17.8 Å².